The second-order valence-electron chi connectivity index (χ2n) is 5.53. The third kappa shape index (κ3) is 5.58. The highest BCUT2D eigenvalue weighted by molar-refractivity contribution is 6.30. The molecular weight excluding hydrogens is 344 g/mol. The SMILES string of the molecule is COCCCNC(=O)CN(C)C(=O)c1cc(-c2cccc(Cl)c2)n[nH]1. The zero-order valence-corrected chi connectivity index (χ0v) is 15.0. The molecule has 0 fully saturated rings. The maximum Gasteiger partial charge on any atom is 0.272 e. The number of nitrogens with one attached hydrogen (secondary N) is 2. The average Bonchev–Trinajstić information content (AvgIpc) is 3.08. The highest BCUT2D eigenvalue weighted by Crippen LogP contribution is 2.21. The van der Waals surface area contributed by atoms with Crippen LogP contribution in [0.4, 0.5) is 0 Å². The summed E-state index contributed by atoms with van der Waals surface area (Å²) in [5.74, 6) is -0.533. The van der Waals surface area contributed by atoms with Crippen LogP contribution in [-0.4, -0.2) is 60.8 Å². The number of H-pyrrole nitrogens is 1. The molecule has 1 aromatic carbocycles. The molecule has 0 spiro atoms. The summed E-state index contributed by atoms with van der Waals surface area (Å²) < 4.78 is 4.91. The monoisotopic (exact) mass is 364 g/mol. The molecule has 2 rings (SSSR count). The molecule has 134 valence electrons. The van der Waals surface area contributed by atoms with E-state index in [0.29, 0.717) is 29.6 Å². The summed E-state index contributed by atoms with van der Waals surface area (Å²) in [6.07, 6.45) is 0.726. The van der Waals surface area contributed by atoms with Gasteiger partial charge in [0.2, 0.25) is 5.91 Å². The number of aromatic nitrogens is 2. The van der Waals surface area contributed by atoms with Crippen LogP contribution in [0.3, 0.4) is 0 Å². The van der Waals surface area contributed by atoms with Gasteiger partial charge in [-0.15, -0.1) is 0 Å². The Kier molecular flexibility index (Phi) is 6.97. The lowest BCUT2D eigenvalue weighted by molar-refractivity contribution is -0.121. The number of benzene rings is 1. The maximum absolute atomic E-state index is 12.4. The lowest BCUT2D eigenvalue weighted by Gasteiger charge is -2.15. The topological polar surface area (TPSA) is 87.3 Å². The van der Waals surface area contributed by atoms with Gasteiger partial charge in [0.05, 0.1) is 12.2 Å². The summed E-state index contributed by atoms with van der Waals surface area (Å²) in [5.41, 5.74) is 1.73. The van der Waals surface area contributed by atoms with Gasteiger partial charge in [-0.25, -0.2) is 0 Å². The number of methoxy groups -OCH3 is 1. The van der Waals surface area contributed by atoms with E-state index in [1.165, 1.54) is 4.90 Å². The van der Waals surface area contributed by atoms with Crippen LogP contribution in [0.25, 0.3) is 11.3 Å². The lowest BCUT2D eigenvalue weighted by atomic mass is 10.1. The molecule has 0 aliphatic heterocycles. The predicted octanol–water partition coefficient (Wildman–Crippen LogP) is 1.95. The van der Waals surface area contributed by atoms with E-state index in [4.69, 9.17) is 16.3 Å². The predicted molar refractivity (Wildman–Crippen MR) is 95.5 cm³/mol. The van der Waals surface area contributed by atoms with Crippen molar-refractivity contribution in [1.29, 1.82) is 0 Å². The largest absolute Gasteiger partial charge is 0.385 e. The summed E-state index contributed by atoms with van der Waals surface area (Å²) in [6.45, 7) is 1.06. The van der Waals surface area contributed by atoms with E-state index >= 15 is 0 Å². The van der Waals surface area contributed by atoms with Gasteiger partial charge in [-0.2, -0.15) is 5.10 Å². The molecule has 1 aromatic heterocycles. The van der Waals surface area contributed by atoms with Crippen molar-refractivity contribution in [1.82, 2.24) is 20.4 Å². The molecule has 0 radical (unpaired) electrons. The van der Waals surface area contributed by atoms with Gasteiger partial charge < -0.3 is 15.0 Å². The third-order valence-electron chi connectivity index (χ3n) is 3.50. The van der Waals surface area contributed by atoms with E-state index < -0.39 is 0 Å². The minimum Gasteiger partial charge on any atom is -0.385 e. The Morgan fingerprint density at radius 1 is 1.36 bits per heavy atom. The van der Waals surface area contributed by atoms with Gasteiger partial charge in [-0.3, -0.25) is 14.7 Å². The molecule has 0 aliphatic rings. The van der Waals surface area contributed by atoms with Gasteiger partial charge >= 0.3 is 0 Å². The van der Waals surface area contributed by atoms with Crippen LogP contribution in [0.15, 0.2) is 30.3 Å². The Labute approximate surface area is 151 Å². The van der Waals surface area contributed by atoms with Crippen molar-refractivity contribution in [2.75, 3.05) is 33.9 Å². The molecule has 1 heterocycles. The first-order valence-electron chi connectivity index (χ1n) is 7.83. The number of rotatable bonds is 8. The quantitative estimate of drug-likeness (QED) is 0.701. The third-order valence-corrected chi connectivity index (χ3v) is 3.74. The van der Waals surface area contributed by atoms with Crippen LogP contribution in [0.5, 0.6) is 0 Å². The highest BCUT2D eigenvalue weighted by Gasteiger charge is 2.17. The van der Waals surface area contributed by atoms with E-state index in [1.807, 2.05) is 12.1 Å². The first-order chi connectivity index (χ1) is 12.0. The standard InChI is InChI=1S/C17H21ClN4O3/c1-22(11-16(23)19-7-4-8-25-2)17(24)15-10-14(20-21-15)12-5-3-6-13(18)9-12/h3,5-6,9-10H,4,7-8,11H2,1-2H3,(H,19,23)(H,20,21). The molecule has 8 heteroatoms. The van der Waals surface area contributed by atoms with E-state index in [9.17, 15) is 9.59 Å². The first kappa shape index (κ1) is 19.0. The summed E-state index contributed by atoms with van der Waals surface area (Å²) >= 11 is 5.97. The molecule has 25 heavy (non-hydrogen) atoms. The molecular formula is C17H21ClN4O3. The number of amides is 2. The number of carbonyl (C=O) groups is 2. The maximum atomic E-state index is 12.4. The van der Waals surface area contributed by atoms with Crippen molar-refractivity contribution in [3.05, 3.63) is 41.0 Å². The summed E-state index contributed by atoms with van der Waals surface area (Å²) in [5, 5.41) is 10.2. The van der Waals surface area contributed by atoms with Gasteiger partial charge in [0, 0.05) is 37.9 Å². The zero-order valence-electron chi connectivity index (χ0n) is 14.2. The van der Waals surface area contributed by atoms with Crippen molar-refractivity contribution in [2.45, 2.75) is 6.42 Å². The van der Waals surface area contributed by atoms with Crippen LogP contribution < -0.4 is 5.32 Å². The molecule has 2 N–H and O–H groups in total. The highest BCUT2D eigenvalue weighted by atomic mass is 35.5. The summed E-state index contributed by atoms with van der Waals surface area (Å²) in [4.78, 5) is 25.6. The number of aromatic amines is 1. The van der Waals surface area contributed by atoms with Crippen molar-refractivity contribution in [3.63, 3.8) is 0 Å². The van der Waals surface area contributed by atoms with E-state index in [1.54, 1.807) is 32.4 Å². The molecule has 2 amide bonds. The molecule has 0 bridgehead atoms. The Hall–Kier alpha value is -2.38. The Morgan fingerprint density at radius 3 is 2.88 bits per heavy atom. The number of likely N-dealkylation sites (N-methyl/N-ethyl adjacent to an activating group) is 1. The van der Waals surface area contributed by atoms with Crippen molar-refractivity contribution in [2.24, 2.45) is 0 Å². The Morgan fingerprint density at radius 2 is 2.16 bits per heavy atom. The Bertz CT molecular complexity index is 732. The fraction of sp³-hybridized carbons (Fsp3) is 0.353. The minimum absolute atomic E-state index is 0.0304. The van der Waals surface area contributed by atoms with Crippen LogP contribution >= 0.6 is 11.6 Å². The van der Waals surface area contributed by atoms with Crippen LogP contribution in [0.2, 0.25) is 5.02 Å². The first-order valence-corrected chi connectivity index (χ1v) is 8.21. The van der Waals surface area contributed by atoms with Gasteiger partial charge in [0.25, 0.3) is 5.91 Å². The van der Waals surface area contributed by atoms with Crippen LogP contribution in [0, 0.1) is 0 Å². The van der Waals surface area contributed by atoms with E-state index in [2.05, 4.69) is 15.5 Å². The average molecular weight is 365 g/mol. The van der Waals surface area contributed by atoms with Gasteiger partial charge in [0.15, 0.2) is 0 Å². The van der Waals surface area contributed by atoms with E-state index in [0.717, 1.165) is 12.0 Å². The molecule has 2 aromatic rings. The second kappa shape index (κ2) is 9.19. The van der Waals surface area contributed by atoms with Crippen molar-refractivity contribution >= 4 is 23.4 Å². The Balaban J connectivity index is 1.93. The molecule has 0 unspecified atom stereocenters. The normalized spacial score (nSPS) is 10.5. The number of carbonyl (C=O) groups excluding carboxylic acids is 2. The van der Waals surface area contributed by atoms with E-state index in [-0.39, 0.29) is 18.4 Å². The fourth-order valence-corrected chi connectivity index (χ4v) is 2.41. The lowest BCUT2D eigenvalue weighted by Crippen LogP contribution is -2.39. The number of hydrogen-bond donors (Lipinski definition) is 2. The zero-order chi connectivity index (χ0) is 18.2. The van der Waals surface area contributed by atoms with Crippen molar-refractivity contribution < 1.29 is 14.3 Å². The molecule has 0 atom stereocenters. The van der Waals surface area contributed by atoms with Crippen molar-refractivity contribution in [3.8, 4) is 11.3 Å². The fourth-order valence-electron chi connectivity index (χ4n) is 2.22. The van der Waals surface area contributed by atoms with Gasteiger partial charge in [-0.1, -0.05) is 23.7 Å². The number of ether oxygens (including phenoxy) is 1. The molecule has 0 saturated heterocycles. The number of halogens is 1. The van der Waals surface area contributed by atoms with Crippen LogP contribution in [-0.2, 0) is 9.53 Å². The van der Waals surface area contributed by atoms with Gasteiger partial charge in [-0.05, 0) is 24.6 Å². The number of nitrogens with zero attached hydrogens (tertiary/aromatic N) is 2. The second-order valence-corrected chi connectivity index (χ2v) is 5.97. The minimum atomic E-state index is -0.312. The van der Waals surface area contributed by atoms with Crippen LogP contribution in [0.1, 0.15) is 16.9 Å². The molecule has 0 aliphatic carbocycles. The van der Waals surface area contributed by atoms with Gasteiger partial charge in [0.1, 0.15) is 5.69 Å². The molecule has 0 saturated carbocycles. The molecule has 7 nitrogen and oxygen atoms in total. The number of hydrogen-bond acceptors (Lipinski definition) is 4. The summed E-state index contributed by atoms with van der Waals surface area (Å²) in [7, 11) is 3.17. The smallest absolute Gasteiger partial charge is 0.272 e. The summed E-state index contributed by atoms with van der Waals surface area (Å²) in [6, 6.07) is 8.84.